The highest BCUT2D eigenvalue weighted by Crippen LogP contribution is 2.19. The first-order valence-corrected chi connectivity index (χ1v) is 5.32. The van der Waals surface area contributed by atoms with Crippen molar-refractivity contribution in [1.29, 1.82) is 0 Å². The Bertz CT molecular complexity index is 406. The lowest BCUT2D eigenvalue weighted by atomic mass is 10.3. The summed E-state index contributed by atoms with van der Waals surface area (Å²) in [5.41, 5.74) is 0.970. The fraction of sp³-hybridized carbons (Fsp3) is 0.231. The van der Waals surface area contributed by atoms with Gasteiger partial charge in [-0.15, -0.1) is 12.7 Å². The van der Waals surface area contributed by atoms with Gasteiger partial charge in [0.1, 0.15) is 12.4 Å². The summed E-state index contributed by atoms with van der Waals surface area (Å²) in [7, 11) is 1.78. The smallest absolute Gasteiger partial charge is 0.119 e. The molecule has 0 atom stereocenters. The van der Waals surface area contributed by atoms with Crippen LogP contribution in [0.5, 0.6) is 5.75 Å². The first-order chi connectivity index (χ1) is 7.88. The van der Waals surface area contributed by atoms with Gasteiger partial charge in [0, 0.05) is 12.4 Å². The SMILES string of the molecule is C[N-]c1ccc(OCCn2cccc2)cc1. The van der Waals surface area contributed by atoms with Crippen molar-refractivity contribution in [2.45, 2.75) is 6.54 Å². The minimum atomic E-state index is 0.678. The minimum Gasteiger partial charge on any atom is -0.687 e. The number of nitrogens with zero attached hydrogens (tertiary/aromatic N) is 2. The molecule has 3 heteroatoms. The van der Waals surface area contributed by atoms with Crippen LogP contribution in [-0.4, -0.2) is 18.2 Å². The van der Waals surface area contributed by atoms with Crippen LogP contribution >= 0.6 is 0 Å². The van der Waals surface area contributed by atoms with Gasteiger partial charge in [0.2, 0.25) is 0 Å². The van der Waals surface area contributed by atoms with Crippen LogP contribution in [0.2, 0.25) is 0 Å². The Kier molecular flexibility index (Phi) is 3.49. The standard InChI is InChI=1S/C13H15N2O/c1-14-12-4-6-13(7-5-12)16-11-10-15-8-2-3-9-15/h2-9H,10-11H2,1H3/q-1. The summed E-state index contributed by atoms with van der Waals surface area (Å²) in [6.45, 7) is 1.55. The van der Waals surface area contributed by atoms with E-state index in [4.69, 9.17) is 4.74 Å². The predicted octanol–water partition coefficient (Wildman–Crippen LogP) is 3.20. The van der Waals surface area contributed by atoms with E-state index < -0.39 is 0 Å². The van der Waals surface area contributed by atoms with Gasteiger partial charge in [0.15, 0.2) is 0 Å². The van der Waals surface area contributed by atoms with Crippen LogP contribution in [0.25, 0.3) is 5.32 Å². The van der Waals surface area contributed by atoms with Crippen molar-refractivity contribution in [2.24, 2.45) is 0 Å². The summed E-state index contributed by atoms with van der Waals surface area (Å²) in [4.78, 5) is 0. The number of hydrogen-bond acceptors (Lipinski definition) is 1. The topological polar surface area (TPSA) is 28.3 Å². The Morgan fingerprint density at radius 1 is 1.12 bits per heavy atom. The van der Waals surface area contributed by atoms with Crippen molar-refractivity contribution < 1.29 is 4.74 Å². The van der Waals surface area contributed by atoms with Gasteiger partial charge in [0.05, 0.1) is 6.54 Å². The normalized spacial score (nSPS) is 10.1. The van der Waals surface area contributed by atoms with Gasteiger partial charge in [-0.3, -0.25) is 0 Å². The van der Waals surface area contributed by atoms with Gasteiger partial charge in [-0.1, -0.05) is 12.1 Å². The second-order valence-corrected chi connectivity index (χ2v) is 3.49. The van der Waals surface area contributed by atoms with Crippen molar-refractivity contribution in [1.82, 2.24) is 4.57 Å². The zero-order valence-electron chi connectivity index (χ0n) is 9.34. The quantitative estimate of drug-likeness (QED) is 0.752. The molecule has 1 aromatic carbocycles. The van der Waals surface area contributed by atoms with Crippen LogP contribution in [0.1, 0.15) is 0 Å². The maximum atomic E-state index is 5.62. The molecule has 2 aromatic rings. The Balaban J connectivity index is 1.81. The molecule has 0 aliphatic heterocycles. The molecule has 0 aliphatic carbocycles. The molecule has 0 N–H and O–H groups in total. The van der Waals surface area contributed by atoms with Crippen molar-refractivity contribution in [3.8, 4) is 5.75 Å². The number of benzene rings is 1. The first kappa shape index (κ1) is 10.6. The Hall–Kier alpha value is -1.90. The highest BCUT2D eigenvalue weighted by Gasteiger charge is 1.92. The van der Waals surface area contributed by atoms with Crippen molar-refractivity contribution in [3.05, 3.63) is 54.1 Å². The van der Waals surface area contributed by atoms with Crippen LogP contribution < -0.4 is 4.74 Å². The van der Waals surface area contributed by atoms with E-state index in [1.54, 1.807) is 7.05 Å². The molecule has 0 amide bonds. The molecular weight excluding hydrogens is 200 g/mol. The molecule has 16 heavy (non-hydrogen) atoms. The maximum Gasteiger partial charge on any atom is 0.119 e. The van der Waals surface area contributed by atoms with Crippen LogP contribution in [0.3, 0.4) is 0 Å². The molecule has 0 saturated heterocycles. The lowest BCUT2D eigenvalue weighted by molar-refractivity contribution is 0.298. The number of hydrogen-bond donors (Lipinski definition) is 0. The number of rotatable bonds is 5. The van der Waals surface area contributed by atoms with Gasteiger partial charge >= 0.3 is 0 Å². The third-order valence-corrected chi connectivity index (χ3v) is 2.38. The van der Waals surface area contributed by atoms with E-state index in [-0.39, 0.29) is 0 Å². The molecule has 1 heterocycles. The summed E-state index contributed by atoms with van der Waals surface area (Å²) in [6, 6.07) is 11.8. The number of ether oxygens (including phenoxy) is 1. The molecule has 2 rings (SSSR count). The number of aromatic nitrogens is 1. The second-order valence-electron chi connectivity index (χ2n) is 3.49. The average molecular weight is 215 g/mol. The van der Waals surface area contributed by atoms with Crippen LogP contribution in [0.15, 0.2) is 48.8 Å². The molecule has 0 unspecified atom stereocenters. The monoisotopic (exact) mass is 215 g/mol. The predicted molar refractivity (Wildman–Crippen MR) is 65.3 cm³/mol. The third kappa shape index (κ3) is 2.79. The van der Waals surface area contributed by atoms with Gasteiger partial charge in [-0.25, -0.2) is 0 Å². The summed E-state index contributed by atoms with van der Waals surface area (Å²) in [5.74, 6) is 0.888. The van der Waals surface area contributed by atoms with Crippen molar-refractivity contribution in [2.75, 3.05) is 13.7 Å². The highest BCUT2D eigenvalue weighted by molar-refractivity contribution is 5.49. The molecule has 0 radical (unpaired) electrons. The maximum absolute atomic E-state index is 5.62. The van der Waals surface area contributed by atoms with Crippen LogP contribution in [-0.2, 0) is 6.54 Å². The Morgan fingerprint density at radius 3 is 2.44 bits per heavy atom. The van der Waals surface area contributed by atoms with E-state index in [1.165, 1.54) is 0 Å². The van der Waals surface area contributed by atoms with Gasteiger partial charge < -0.3 is 14.6 Å². The van der Waals surface area contributed by atoms with E-state index in [1.807, 2.05) is 48.8 Å². The lowest BCUT2D eigenvalue weighted by Gasteiger charge is -2.14. The van der Waals surface area contributed by atoms with Gasteiger partial charge in [0.25, 0.3) is 0 Å². The molecular formula is C13H15N2O-. The van der Waals surface area contributed by atoms with Crippen molar-refractivity contribution >= 4 is 5.69 Å². The van der Waals surface area contributed by atoms with Gasteiger partial charge in [-0.05, 0) is 24.3 Å². The van der Waals surface area contributed by atoms with E-state index in [0.717, 1.165) is 18.0 Å². The summed E-state index contributed by atoms with van der Waals surface area (Å²) >= 11 is 0. The fourth-order valence-electron chi connectivity index (χ4n) is 1.48. The highest BCUT2D eigenvalue weighted by atomic mass is 16.5. The molecule has 1 aromatic heterocycles. The minimum absolute atomic E-state index is 0.678. The Morgan fingerprint density at radius 2 is 1.81 bits per heavy atom. The molecule has 0 bridgehead atoms. The van der Waals surface area contributed by atoms with Crippen LogP contribution in [0, 0.1) is 0 Å². The zero-order valence-corrected chi connectivity index (χ0v) is 9.34. The fourth-order valence-corrected chi connectivity index (χ4v) is 1.48. The summed E-state index contributed by atoms with van der Waals surface area (Å²) in [6.07, 6.45) is 4.06. The van der Waals surface area contributed by atoms with Crippen molar-refractivity contribution in [3.63, 3.8) is 0 Å². The van der Waals surface area contributed by atoms with E-state index in [2.05, 4.69) is 9.88 Å². The lowest BCUT2D eigenvalue weighted by Crippen LogP contribution is -2.05. The largest absolute Gasteiger partial charge is 0.687 e. The van der Waals surface area contributed by atoms with E-state index in [0.29, 0.717) is 6.61 Å². The molecule has 84 valence electrons. The van der Waals surface area contributed by atoms with Gasteiger partial charge in [-0.2, -0.15) is 0 Å². The third-order valence-electron chi connectivity index (χ3n) is 2.38. The zero-order chi connectivity index (χ0) is 11.2. The first-order valence-electron chi connectivity index (χ1n) is 5.32. The molecule has 0 aliphatic rings. The molecule has 0 fully saturated rings. The Labute approximate surface area is 95.7 Å². The van der Waals surface area contributed by atoms with Crippen LogP contribution in [0.4, 0.5) is 5.69 Å². The summed E-state index contributed by atoms with van der Waals surface area (Å²) in [5, 5.41) is 4.07. The second kappa shape index (κ2) is 5.26. The average Bonchev–Trinajstić information content (AvgIpc) is 2.83. The van der Waals surface area contributed by atoms with E-state index >= 15 is 0 Å². The molecule has 0 saturated carbocycles. The molecule has 0 spiro atoms. The molecule has 3 nitrogen and oxygen atoms in total. The van der Waals surface area contributed by atoms with E-state index in [9.17, 15) is 0 Å². The summed E-state index contributed by atoms with van der Waals surface area (Å²) < 4.78 is 7.71.